The molecule has 0 amide bonds. The number of ether oxygens (including phenoxy) is 2. The summed E-state index contributed by atoms with van der Waals surface area (Å²) in [7, 11) is 2.70. The van der Waals surface area contributed by atoms with E-state index in [2.05, 4.69) is 9.97 Å². The normalized spacial score (nSPS) is 12.0. The van der Waals surface area contributed by atoms with Crippen LogP contribution in [0.3, 0.4) is 0 Å². The number of nitrogens with zero attached hydrogens (tertiary/aromatic N) is 2. The van der Waals surface area contributed by atoms with Gasteiger partial charge in [-0.25, -0.2) is 14.2 Å². The maximum Gasteiger partial charge on any atom is 0.341 e. The molecule has 3 rings (SSSR count). The van der Waals surface area contributed by atoms with Crippen LogP contribution in [-0.4, -0.2) is 30.2 Å². The van der Waals surface area contributed by atoms with Crippen molar-refractivity contribution in [3.05, 3.63) is 77.1 Å². The summed E-state index contributed by atoms with van der Waals surface area (Å²) in [6.45, 7) is 0. The third-order valence-electron chi connectivity index (χ3n) is 3.81. The molecule has 2 aromatic heterocycles. The van der Waals surface area contributed by atoms with Gasteiger partial charge in [0.1, 0.15) is 22.1 Å². The first-order chi connectivity index (χ1) is 13.6. The van der Waals surface area contributed by atoms with Gasteiger partial charge in [0.25, 0.3) is 0 Å². The Balaban J connectivity index is 1.97. The van der Waals surface area contributed by atoms with Gasteiger partial charge in [-0.3, -0.25) is 4.98 Å². The molecule has 0 atom stereocenters. The Morgan fingerprint density at radius 3 is 2.64 bits per heavy atom. The number of benzene rings is 1. The van der Waals surface area contributed by atoms with Crippen LogP contribution >= 0.6 is 11.3 Å². The van der Waals surface area contributed by atoms with Crippen LogP contribution in [0.5, 0.6) is 0 Å². The maximum absolute atomic E-state index is 14.9. The van der Waals surface area contributed by atoms with Crippen LogP contribution in [0, 0.1) is 0 Å². The zero-order chi connectivity index (χ0) is 19.9. The predicted molar refractivity (Wildman–Crippen MR) is 108 cm³/mol. The van der Waals surface area contributed by atoms with Crippen LogP contribution in [0.4, 0.5) is 4.39 Å². The van der Waals surface area contributed by atoms with E-state index in [4.69, 9.17) is 9.47 Å². The zero-order valence-corrected chi connectivity index (χ0v) is 16.1. The molecule has 28 heavy (non-hydrogen) atoms. The van der Waals surface area contributed by atoms with E-state index in [1.165, 1.54) is 37.9 Å². The Hall–Kier alpha value is -3.32. The van der Waals surface area contributed by atoms with Gasteiger partial charge in [-0.1, -0.05) is 30.3 Å². The number of rotatable bonds is 6. The second-order valence-electron chi connectivity index (χ2n) is 5.59. The highest BCUT2D eigenvalue weighted by Gasteiger charge is 2.17. The Kier molecular flexibility index (Phi) is 6.29. The molecule has 0 aliphatic carbocycles. The highest BCUT2D eigenvalue weighted by atomic mass is 32.1. The summed E-state index contributed by atoms with van der Waals surface area (Å²) in [4.78, 5) is 20.6. The van der Waals surface area contributed by atoms with Crippen molar-refractivity contribution in [1.29, 1.82) is 0 Å². The number of aromatic nitrogens is 2. The summed E-state index contributed by atoms with van der Waals surface area (Å²) in [5, 5.41) is 2.26. The molecule has 3 aromatic rings. The summed E-state index contributed by atoms with van der Waals surface area (Å²) < 4.78 is 24.7. The Labute approximate surface area is 165 Å². The molecule has 0 saturated carbocycles. The molecule has 0 unspecified atom stereocenters. The molecular weight excluding hydrogens is 379 g/mol. The topological polar surface area (TPSA) is 61.3 Å². The van der Waals surface area contributed by atoms with Crippen LogP contribution in [0.15, 0.2) is 60.3 Å². The Bertz CT molecular complexity index is 1030. The Morgan fingerprint density at radius 1 is 1.14 bits per heavy atom. The SMILES string of the molecule is COC=C(C(=O)OC)c1ccccc1C=C(F)c1csc(-c2ccccn2)n1. The summed E-state index contributed by atoms with van der Waals surface area (Å²) in [6.07, 6.45) is 4.27. The van der Waals surface area contributed by atoms with Gasteiger partial charge in [0.2, 0.25) is 0 Å². The van der Waals surface area contributed by atoms with Crippen molar-refractivity contribution in [2.75, 3.05) is 14.2 Å². The molecule has 142 valence electrons. The number of methoxy groups -OCH3 is 2. The second kappa shape index (κ2) is 9.05. The largest absolute Gasteiger partial charge is 0.503 e. The molecule has 5 nitrogen and oxygen atoms in total. The van der Waals surface area contributed by atoms with Gasteiger partial charge >= 0.3 is 5.97 Å². The first-order valence-corrected chi connectivity index (χ1v) is 9.17. The third-order valence-corrected chi connectivity index (χ3v) is 4.67. The molecule has 0 N–H and O–H groups in total. The lowest BCUT2D eigenvalue weighted by Crippen LogP contribution is -2.05. The smallest absolute Gasteiger partial charge is 0.341 e. The lowest BCUT2D eigenvalue weighted by molar-refractivity contribution is -0.133. The van der Waals surface area contributed by atoms with E-state index in [0.717, 1.165) is 0 Å². The van der Waals surface area contributed by atoms with Crippen molar-refractivity contribution < 1.29 is 18.7 Å². The van der Waals surface area contributed by atoms with E-state index in [1.807, 2.05) is 18.2 Å². The fourth-order valence-electron chi connectivity index (χ4n) is 2.52. The molecular formula is C21H17FN2O3S. The maximum atomic E-state index is 14.9. The standard InChI is InChI=1S/C21H17FN2O3S/c1-26-12-16(21(25)27-2)15-8-4-3-7-14(15)11-17(22)19-13-28-20(24-19)18-9-5-6-10-23-18/h3-13H,1-2H3. The van der Waals surface area contributed by atoms with Gasteiger partial charge in [-0.05, 0) is 29.3 Å². The van der Waals surface area contributed by atoms with Gasteiger partial charge in [-0.15, -0.1) is 11.3 Å². The monoisotopic (exact) mass is 396 g/mol. The molecule has 7 heteroatoms. The van der Waals surface area contributed by atoms with E-state index in [9.17, 15) is 9.18 Å². The van der Waals surface area contributed by atoms with Crippen LogP contribution in [-0.2, 0) is 14.3 Å². The van der Waals surface area contributed by atoms with Crippen molar-refractivity contribution in [3.8, 4) is 10.7 Å². The van der Waals surface area contributed by atoms with Gasteiger partial charge in [0.15, 0.2) is 0 Å². The van der Waals surface area contributed by atoms with Crippen molar-refractivity contribution in [1.82, 2.24) is 9.97 Å². The fourth-order valence-corrected chi connectivity index (χ4v) is 3.30. The molecule has 0 aliphatic heterocycles. The first kappa shape index (κ1) is 19.4. The number of hydrogen-bond acceptors (Lipinski definition) is 6. The quantitative estimate of drug-likeness (QED) is 0.339. The van der Waals surface area contributed by atoms with E-state index in [-0.39, 0.29) is 11.3 Å². The second-order valence-corrected chi connectivity index (χ2v) is 6.45. The molecule has 2 heterocycles. The first-order valence-electron chi connectivity index (χ1n) is 8.29. The average Bonchev–Trinajstić information content (AvgIpc) is 3.23. The molecule has 0 saturated heterocycles. The number of halogens is 1. The molecule has 0 radical (unpaired) electrons. The van der Waals surface area contributed by atoms with E-state index < -0.39 is 11.8 Å². The predicted octanol–water partition coefficient (Wildman–Crippen LogP) is 4.83. The number of esters is 1. The minimum absolute atomic E-state index is 0.192. The number of hydrogen-bond donors (Lipinski definition) is 0. The summed E-state index contributed by atoms with van der Waals surface area (Å²) in [5.41, 5.74) is 2.07. The van der Waals surface area contributed by atoms with Crippen LogP contribution in [0.25, 0.3) is 28.2 Å². The van der Waals surface area contributed by atoms with Gasteiger partial charge in [0, 0.05) is 11.6 Å². The summed E-state index contributed by atoms with van der Waals surface area (Å²) >= 11 is 1.31. The summed E-state index contributed by atoms with van der Waals surface area (Å²) in [5.74, 6) is -1.10. The number of thiazole rings is 1. The highest BCUT2D eigenvalue weighted by Crippen LogP contribution is 2.29. The molecule has 1 aromatic carbocycles. The summed E-state index contributed by atoms with van der Waals surface area (Å²) in [6, 6.07) is 12.4. The van der Waals surface area contributed by atoms with Crippen molar-refractivity contribution >= 4 is 34.8 Å². The molecule has 0 bridgehead atoms. The lowest BCUT2D eigenvalue weighted by atomic mass is 10.00. The average molecular weight is 396 g/mol. The van der Waals surface area contributed by atoms with Crippen molar-refractivity contribution in [2.45, 2.75) is 0 Å². The highest BCUT2D eigenvalue weighted by molar-refractivity contribution is 7.13. The zero-order valence-electron chi connectivity index (χ0n) is 15.3. The van der Waals surface area contributed by atoms with E-state index >= 15 is 0 Å². The van der Waals surface area contributed by atoms with Crippen molar-refractivity contribution in [2.24, 2.45) is 0 Å². The lowest BCUT2D eigenvalue weighted by Gasteiger charge is -2.09. The number of carbonyl (C=O) groups excluding carboxylic acids is 1. The van der Waals surface area contributed by atoms with E-state index in [0.29, 0.717) is 21.8 Å². The molecule has 0 aliphatic rings. The minimum Gasteiger partial charge on any atom is -0.503 e. The fraction of sp³-hybridized carbons (Fsp3) is 0.0952. The minimum atomic E-state index is -0.575. The van der Waals surface area contributed by atoms with Gasteiger partial charge in [-0.2, -0.15) is 0 Å². The van der Waals surface area contributed by atoms with Crippen molar-refractivity contribution in [3.63, 3.8) is 0 Å². The third kappa shape index (κ3) is 4.32. The van der Waals surface area contributed by atoms with Crippen LogP contribution in [0.1, 0.15) is 16.8 Å². The number of pyridine rings is 1. The number of carbonyl (C=O) groups is 1. The Morgan fingerprint density at radius 2 is 1.93 bits per heavy atom. The van der Waals surface area contributed by atoms with Gasteiger partial charge < -0.3 is 9.47 Å². The van der Waals surface area contributed by atoms with Crippen LogP contribution in [0.2, 0.25) is 0 Å². The van der Waals surface area contributed by atoms with Gasteiger partial charge in [0.05, 0.1) is 26.2 Å². The molecule has 0 fully saturated rings. The van der Waals surface area contributed by atoms with Crippen LogP contribution < -0.4 is 0 Å². The van der Waals surface area contributed by atoms with E-state index in [1.54, 1.807) is 35.8 Å². The molecule has 0 spiro atoms.